The summed E-state index contributed by atoms with van der Waals surface area (Å²) in [5.74, 6) is 0.842. The Labute approximate surface area is 162 Å². The molecule has 0 fully saturated rings. The van der Waals surface area contributed by atoms with Crippen molar-refractivity contribution in [2.75, 3.05) is 0 Å². The summed E-state index contributed by atoms with van der Waals surface area (Å²) >= 11 is 0. The largest absolute Gasteiger partial charge is 0.508 e. The Balaban J connectivity index is 1.74. The quantitative estimate of drug-likeness (QED) is 0.684. The Kier molecular flexibility index (Phi) is 4.39. The van der Waals surface area contributed by atoms with Crippen LogP contribution in [0.15, 0.2) is 59.7 Å². The maximum Gasteiger partial charge on any atom is 0.386 e. The van der Waals surface area contributed by atoms with Gasteiger partial charge in [-0.2, -0.15) is 4.57 Å². The third kappa shape index (κ3) is 3.24. The number of nitrogens with zero attached hydrogens (tertiary/aromatic N) is 3. The van der Waals surface area contributed by atoms with E-state index in [1.165, 1.54) is 0 Å². The van der Waals surface area contributed by atoms with Crippen LogP contribution in [0.1, 0.15) is 35.8 Å². The van der Waals surface area contributed by atoms with Gasteiger partial charge in [0.25, 0.3) is 0 Å². The van der Waals surface area contributed by atoms with Crippen molar-refractivity contribution in [2.24, 2.45) is 4.99 Å². The molecule has 0 atom stereocenters. The number of carbonyl (C=O) groups excluding carboxylic acids is 1. The summed E-state index contributed by atoms with van der Waals surface area (Å²) in [6, 6.07) is 13.5. The molecule has 2 aromatic carbocycles. The highest BCUT2D eigenvalue weighted by Crippen LogP contribution is 2.28. The van der Waals surface area contributed by atoms with Gasteiger partial charge in [-0.05, 0) is 47.0 Å². The summed E-state index contributed by atoms with van der Waals surface area (Å²) < 4.78 is 1.56. The van der Waals surface area contributed by atoms with Gasteiger partial charge in [0, 0.05) is 17.9 Å². The second kappa shape index (κ2) is 6.88. The second-order valence-electron chi connectivity index (χ2n) is 7.11. The van der Waals surface area contributed by atoms with E-state index in [-0.39, 0.29) is 23.3 Å². The number of rotatable bonds is 4. The number of carbonyl (C=O) groups is 1. The van der Waals surface area contributed by atoms with Gasteiger partial charge >= 0.3 is 11.7 Å². The number of aliphatic imine (C=N–C) groups is 1. The molecule has 1 aromatic heterocycles. The highest BCUT2D eigenvalue weighted by molar-refractivity contribution is 6.37. The third-order valence-electron chi connectivity index (χ3n) is 4.67. The van der Waals surface area contributed by atoms with Crippen LogP contribution in [-0.4, -0.2) is 26.8 Å². The smallest absolute Gasteiger partial charge is 0.386 e. The molecular formula is C22H20N3O3+. The summed E-state index contributed by atoms with van der Waals surface area (Å²) in [6.45, 7) is 4.03. The van der Waals surface area contributed by atoms with E-state index in [2.05, 4.69) is 4.99 Å². The van der Waals surface area contributed by atoms with Crippen LogP contribution >= 0.6 is 0 Å². The maximum atomic E-state index is 13.0. The van der Waals surface area contributed by atoms with Crippen molar-refractivity contribution in [3.05, 3.63) is 66.0 Å². The summed E-state index contributed by atoms with van der Waals surface area (Å²) in [5, 5.41) is 19.0. The van der Waals surface area contributed by atoms with E-state index in [0.717, 1.165) is 16.8 Å². The minimum Gasteiger partial charge on any atom is -0.508 e. The molecule has 1 aliphatic heterocycles. The monoisotopic (exact) mass is 374 g/mol. The lowest BCUT2D eigenvalue weighted by atomic mass is 10.1. The van der Waals surface area contributed by atoms with Crippen LogP contribution in [0.5, 0.6) is 11.5 Å². The van der Waals surface area contributed by atoms with Crippen molar-refractivity contribution in [3.63, 3.8) is 0 Å². The molecule has 140 valence electrons. The molecule has 1 aliphatic rings. The lowest BCUT2D eigenvalue weighted by Gasteiger charge is -2.07. The normalized spacial score (nSPS) is 13.0. The lowest BCUT2D eigenvalue weighted by molar-refractivity contribution is -0.551. The van der Waals surface area contributed by atoms with E-state index >= 15 is 0 Å². The van der Waals surface area contributed by atoms with Crippen LogP contribution in [-0.2, 0) is 6.42 Å². The highest BCUT2D eigenvalue weighted by Gasteiger charge is 2.38. The molecule has 0 radical (unpaired) electrons. The van der Waals surface area contributed by atoms with E-state index in [0.29, 0.717) is 23.6 Å². The maximum absolute atomic E-state index is 13.0. The predicted molar refractivity (Wildman–Crippen MR) is 105 cm³/mol. The minimum absolute atomic E-state index is 0.0860. The van der Waals surface area contributed by atoms with Gasteiger partial charge in [0.1, 0.15) is 29.1 Å². The Morgan fingerprint density at radius 3 is 2.18 bits per heavy atom. The fourth-order valence-corrected chi connectivity index (χ4v) is 3.18. The Morgan fingerprint density at radius 1 is 0.964 bits per heavy atom. The van der Waals surface area contributed by atoms with E-state index < -0.39 is 0 Å². The van der Waals surface area contributed by atoms with Crippen molar-refractivity contribution in [3.8, 4) is 22.8 Å². The first-order chi connectivity index (χ1) is 13.4. The van der Waals surface area contributed by atoms with Crippen LogP contribution < -0.4 is 4.57 Å². The molecule has 6 heteroatoms. The van der Waals surface area contributed by atoms with Crippen molar-refractivity contribution >= 4 is 17.4 Å². The Hall–Kier alpha value is -3.54. The zero-order valence-corrected chi connectivity index (χ0v) is 15.6. The molecule has 0 aliphatic carbocycles. The van der Waals surface area contributed by atoms with Gasteiger partial charge in [-0.25, -0.2) is 9.78 Å². The average Bonchev–Trinajstić information content (AvgIpc) is 2.99. The van der Waals surface area contributed by atoms with Crippen LogP contribution in [0.25, 0.3) is 11.3 Å². The Morgan fingerprint density at radius 2 is 1.57 bits per heavy atom. The number of aromatic hydroxyl groups is 2. The first-order valence-corrected chi connectivity index (χ1v) is 9.08. The highest BCUT2D eigenvalue weighted by atomic mass is 16.3. The fourth-order valence-electron chi connectivity index (χ4n) is 3.18. The van der Waals surface area contributed by atoms with Crippen molar-refractivity contribution < 1.29 is 19.6 Å². The second-order valence-corrected chi connectivity index (χ2v) is 7.11. The number of benzene rings is 2. The molecule has 3 aromatic rings. The number of phenolic OH excluding ortho intramolecular Hbond substituents is 2. The van der Waals surface area contributed by atoms with E-state index in [9.17, 15) is 15.0 Å². The van der Waals surface area contributed by atoms with Crippen LogP contribution in [0.2, 0.25) is 0 Å². The van der Waals surface area contributed by atoms with Crippen molar-refractivity contribution in [1.82, 2.24) is 4.98 Å². The molecule has 28 heavy (non-hydrogen) atoms. The topological polar surface area (TPSA) is 86.7 Å². The standard InChI is InChI=1S/C22H19N3O3/c1-13(2)20-21-24-18(11-14-3-7-16(26)8-4-14)22(28)25(21)12-19(23-20)15-5-9-17(27)10-6-15/h3-10,12-13H,11H2,1-2H3,(H-,23,26,27,28)/p+1. The van der Waals surface area contributed by atoms with Crippen molar-refractivity contribution in [2.45, 2.75) is 26.2 Å². The summed E-state index contributed by atoms with van der Waals surface area (Å²) in [5.41, 5.74) is 3.56. The number of phenols is 2. The van der Waals surface area contributed by atoms with Crippen LogP contribution in [0.3, 0.4) is 0 Å². The zero-order valence-electron chi connectivity index (χ0n) is 15.6. The first kappa shape index (κ1) is 17.9. The zero-order chi connectivity index (χ0) is 19.8. The van der Waals surface area contributed by atoms with E-state index in [1.807, 2.05) is 13.8 Å². The number of fused-ring (bicyclic) bond motifs is 1. The van der Waals surface area contributed by atoms with Gasteiger partial charge in [0.2, 0.25) is 5.71 Å². The molecule has 0 saturated heterocycles. The minimum atomic E-state index is -0.174. The van der Waals surface area contributed by atoms with Gasteiger partial charge in [0.05, 0.1) is 0 Å². The lowest BCUT2D eigenvalue weighted by Crippen LogP contribution is -2.44. The first-order valence-electron chi connectivity index (χ1n) is 9.08. The van der Waals surface area contributed by atoms with Crippen LogP contribution in [0.4, 0.5) is 5.82 Å². The van der Waals surface area contributed by atoms with Gasteiger partial charge in [0.15, 0.2) is 0 Å². The van der Waals surface area contributed by atoms with Crippen LogP contribution in [0, 0.1) is 0 Å². The van der Waals surface area contributed by atoms with Gasteiger partial charge < -0.3 is 10.2 Å². The summed E-state index contributed by atoms with van der Waals surface area (Å²) in [4.78, 5) is 22.3. The van der Waals surface area contributed by atoms with Crippen molar-refractivity contribution in [1.29, 1.82) is 0 Å². The molecular weight excluding hydrogens is 354 g/mol. The molecule has 4 rings (SSSR count). The molecule has 0 spiro atoms. The van der Waals surface area contributed by atoms with E-state index in [1.54, 1.807) is 59.3 Å². The number of hydrogen-bond donors (Lipinski definition) is 2. The molecule has 6 nitrogen and oxygen atoms in total. The summed E-state index contributed by atoms with van der Waals surface area (Å²) in [7, 11) is 0. The predicted octanol–water partition coefficient (Wildman–Crippen LogP) is 3.54. The molecule has 0 saturated carbocycles. The molecule has 0 amide bonds. The molecule has 0 unspecified atom stereocenters. The third-order valence-corrected chi connectivity index (χ3v) is 4.67. The Bertz CT molecular complexity index is 1090. The van der Waals surface area contributed by atoms with Gasteiger partial charge in [-0.3, -0.25) is 0 Å². The average molecular weight is 374 g/mol. The number of hydrogen-bond acceptors (Lipinski definition) is 5. The summed E-state index contributed by atoms with van der Waals surface area (Å²) in [6.07, 6.45) is 2.08. The van der Waals surface area contributed by atoms with Gasteiger partial charge in [-0.15, -0.1) is 0 Å². The SMILES string of the molecule is CC(C)c1nc(-c2ccc(O)cc2)c[n+]2c1N=C(Cc1ccc(O)cc1)C2=O. The fraction of sp³-hybridized carbons (Fsp3) is 0.182. The molecule has 2 heterocycles. The molecule has 2 N–H and O–H groups in total. The molecule has 0 bridgehead atoms. The number of aromatic nitrogens is 2. The van der Waals surface area contributed by atoms with Gasteiger partial charge in [-0.1, -0.05) is 26.0 Å². The van der Waals surface area contributed by atoms with E-state index in [4.69, 9.17) is 4.98 Å².